The zero-order chi connectivity index (χ0) is 6.41. The van der Waals surface area contributed by atoms with Crippen LogP contribution in [0.4, 0.5) is 0 Å². The monoisotopic (exact) mass is 118 g/mol. The van der Waals surface area contributed by atoms with Crippen LogP contribution in [0.5, 0.6) is 0 Å². The lowest BCUT2D eigenvalue weighted by atomic mass is 10.9. The van der Waals surface area contributed by atoms with Crippen molar-refractivity contribution in [2.45, 2.75) is 18.9 Å². The SMILES string of the molecule is NNC=O.OC1CC1. The molecule has 0 radical (unpaired) electrons. The molecule has 0 aromatic heterocycles. The van der Waals surface area contributed by atoms with Crippen LogP contribution < -0.4 is 11.3 Å². The highest BCUT2D eigenvalue weighted by molar-refractivity contribution is 5.44. The van der Waals surface area contributed by atoms with Gasteiger partial charge in [0.25, 0.3) is 0 Å². The van der Waals surface area contributed by atoms with Gasteiger partial charge in [0, 0.05) is 0 Å². The molecule has 1 rings (SSSR count). The Morgan fingerprint density at radius 3 is 2.00 bits per heavy atom. The quantitative estimate of drug-likeness (QED) is 0.174. The predicted octanol–water partition coefficient (Wildman–Crippen LogP) is -1.25. The van der Waals surface area contributed by atoms with Crippen molar-refractivity contribution in [1.82, 2.24) is 5.43 Å². The fourth-order valence-corrected chi connectivity index (χ4v) is 0.0745. The van der Waals surface area contributed by atoms with Gasteiger partial charge >= 0.3 is 0 Å². The normalized spacial score (nSPS) is 15.8. The van der Waals surface area contributed by atoms with E-state index < -0.39 is 0 Å². The maximum absolute atomic E-state index is 8.94. The average molecular weight is 118 g/mol. The summed E-state index contributed by atoms with van der Waals surface area (Å²) in [7, 11) is 0. The Balaban J connectivity index is 0.000000122. The largest absolute Gasteiger partial charge is 0.393 e. The number of nitrogens with one attached hydrogen (secondary N) is 1. The first-order valence-corrected chi connectivity index (χ1v) is 2.39. The Hall–Kier alpha value is -0.610. The van der Waals surface area contributed by atoms with Gasteiger partial charge < -0.3 is 5.11 Å². The van der Waals surface area contributed by atoms with Crippen molar-refractivity contribution in [2.75, 3.05) is 0 Å². The molecule has 1 aliphatic carbocycles. The van der Waals surface area contributed by atoms with E-state index in [9.17, 15) is 0 Å². The molecule has 48 valence electrons. The number of aliphatic hydroxyl groups is 1. The molecule has 1 aliphatic rings. The molecule has 0 saturated heterocycles. The third kappa shape index (κ3) is 9.04. The van der Waals surface area contributed by atoms with Crippen molar-refractivity contribution < 1.29 is 9.90 Å². The van der Waals surface area contributed by atoms with Gasteiger partial charge in [0.1, 0.15) is 0 Å². The molecule has 1 saturated carbocycles. The van der Waals surface area contributed by atoms with E-state index in [1.54, 1.807) is 5.43 Å². The molecule has 4 heteroatoms. The van der Waals surface area contributed by atoms with Gasteiger partial charge in [-0.3, -0.25) is 10.2 Å². The Bertz CT molecular complexity index is 63.1. The molecule has 0 aromatic rings. The van der Waals surface area contributed by atoms with Crippen LogP contribution >= 0.6 is 0 Å². The number of carbonyl (C=O) groups is 1. The van der Waals surface area contributed by atoms with Gasteiger partial charge in [-0.2, -0.15) is 0 Å². The Labute approximate surface area is 47.6 Å². The van der Waals surface area contributed by atoms with E-state index in [1.165, 1.54) is 0 Å². The van der Waals surface area contributed by atoms with Crippen molar-refractivity contribution >= 4 is 6.41 Å². The fourth-order valence-electron chi connectivity index (χ4n) is 0.0745. The molecular formula is C4H10N2O2. The van der Waals surface area contributed by atoms with E-state index in [-0.39, 0.29) is 6.10 Å². The Morgan fingerprint density at radius 1 is 1.75 bits per heavy atom. The molecule has 4 N–H and O–H groups in total. The maximum Gasteiger partial charge on any atom is 0.221 e. The van der Waals surface area contributed by atoms with E-state index in [1.807, 2.05) is 0 Å². The summed E-state index contributed by atoms with van der Waals surface area (Å²) in [6.07, 6.45) is 2.57. The van der Waals surface area contributed by atoms with Crippen LogP contribution in [0.1, 0.15) is 12.8 Å². The molecule has 0 aliphatic heterocycles. The van der Waals surface area contributed by atoms with Crippen LogP contribution in [0.25, 0.3) is 0 Å². The van der Waals surface area contributed by atoms with Crippen molar-refractivity contribution in [3.63, 3.8) is 0 Å². The van der Waals surface area contributed by atoms with E-state index in [4.69, 9.17) is 9.90 Å². The van der Waals surface area contributed by atoms with Gasteiger partial charge in [-0.15, -0.1) is 0 Å². The highest BCUT2D eigenvalue weighted by Crippen LogP contribution is 2.16. The van der Waals surface area contributed by atoms with Crippen molar-refractivity contribution in [3.05, 3.63) is 0 Å². The van der Waals surface area contributed by atoms with Crippen molar-refractivity contribution in [1.29, 1.82) is 0 Å². The molecule has 0 bridgehead atoms. The lowest BCUT2D eigenvalue weighted by Gasteiger charge is -1.66. The number of carbonyl (C=O) groups excluding carboxylic acids is 1. The first-order chi connectivity index (χ1) is 3.81. The lowest BCUT2D eigenvalue weighted by molar-refractivity contribution is -0.109. The molecular weight excluding hydrogens is 108 g/mol. The van der Waals surface area contributed by atoms with Gasteiger partial charge in [-0.1, -0.05) is 0 Å². The van der Waals surface area contributed by atoms with Crippen LogP contribution in [0.3, 0.4) is 0 Å². The van der Waals surface area contributed by atoms with Crippen LogP contribution in [0.2, 0.25) is 0 Å². The van der Waals surface area contributed by atoms with Crippen LogP contribution in [-0.4, -0.2) is 17.6 Å². The van der Waals surface area contributed by atoms with Gasteiger partial charge in [-0.25, -0.2) is 5.84 Å². The molecule has 0 spiro atoms. The first-order valence-electron chi connectivity index (χ1n) is 2.39. The molecule has 0 heterocycles. The molecule has 1 amide bonds. The highest BCUT2D eigenvalue weighted by Gasteiger charge is 2.15. The summed E-state index contributed by atoms with van der Waals surface area (Å²) >= 11 is 0. The van der Waals surface area contributed by atoms with Crippen molar-refractivity contribution in [3.8, 4) is 0 Å². The number of hydrogen-bond acceptors (Lipinski definition) is 3. The fraction of sp³-hybridized carbons (Fsp3) is 0.750. The van der Waals surface area contributed by atoms with Crippen LogP contribution in [-0.2, 0) is 4.79 Å². The minimum Gasteiger partial charge on any atom is -0.393 e. The lowest BCUT2D eigenvalue weighted by Crippen LogP contribution is -2.18. The zero-order valence-corrected chi connectivity index (χ0v) is 4.50. The summed E-state index contributed by atoms with van der Waals surface area (Å²) in [5, 5.41) is 8.17. The van der Waals surface area contributed by atoms with Gasteiger partial charge in [0.05, 0.1) is 6.10 Å². The summed E-state index contributed by atoms with van der Waals surface area (Å²) in [5.74, 6) is 4.41. The third-order valence-corrected chi connectivity index (χ3v) is 0.615. The summed E-state index contributed by atoms with van der Waals surface area (Å²) < 4.78 is 0. The van der Waals surface area contributed by atoms with E-state index in [0.29, 0.717) is 6.41 Å². The maximum atomic E-state index is 8.94. The second kappa shape index (κ2) is 4.55. The van der Waals surface area contributed by atoms with Gasteiger partial charge in [0.2, 0.25) is 6.41 Å². The number of hydrogen-bond donors (Lipinski definition) is 3. The minimum absolute atomic E-state index is 0.0833. The zero-order valence-electron chi connectivity index (χ0n) is 4.50. The summed E-state index contributed by atoms with van der Waals surface area (Å²) in [4.78, 5) is 8.94. The van der Waals surface area contributed by atoms with E-state index in [0.717, 1.165) is 12.8 Å². The molecule has 1 fully saturated rings. The Morgan fingerprint density at radius 2 is 2.00 bits per heavy atom. The smallest absolute Gasteiger partial charge is 0.221 e. The number of nitrogens with two attached hydrogens (primary N) is 1. The second-order valence-electron chi connectivity index (χ2n) is 1.52. The van der Waals surface area contributed by atoms with Gasteiger partial charge in [0.15, 0.2) is 0 Å². The number of aliphatic hydroxyl groups excluding tert-OH is 1. The molecule has 0 aromatic carbocycles. The number of rotatable bonds is 1. The summed E-state index contributed by atoms with van der Waals surface area (Å²) in [5.41, 5.74) is 1.75. The Kier molecular flexibility index (Phi) is 4.20. The van der Waals surface area contributed by atoms with Crippen LogP contribution in [0.15, 0.2) is 0 Å². The molecule has 0 atom stereocenters. The summed E-state index contributed by atoms with van der Waals surface area (Å²) in [6.45, 7) is 0. The summed E-state index contributed by atoms with van der Waals surface area (Å²) in [6, 6.07) is 0. The molecule has 0 unspecified atom stereocenters. The van der Waals surface area contributed by atoms with Crippen molar-refractivity contribution in [2.24, 2.45) is 5.84 Å². The van der Waals surface area contributed by atoms with E-state index >= 15 is 0 Å². The second-order valence-corrected chi connectivity index (χ2v) is 1.52. The molecule has 8 heavy (non-hydrogen) atoms. The predicted molar refractivity (Wildman–Crippen MR) is 28.6 cm³/mol. The van der Waals surface area contributed by atoms with E-state index in [2.05, 4.69) is 5.84 Å². The van der Waals surface area contributed by atoms with Gasteiger partial charge in [-0.05, 0) is 12.8 Å². The standard InChI is InChI=1S/C3H6O.CH4N2O/c4-3-1-2-3;2-3-1-4/h3-4H,1-2H2;1H,2H2,(H,3,4). The molecule has 4 nitrogen and oxygen atoms in total. The highest BCUT2D eigenvalue weighted by atomic mass is 16.3. The van der Waals surface area contributed by atoms with Crippen LogP contribution in [0, 0.1) is 0 Å². The minimum atomic E-state index is 0.0833. The third-order valence-electron chi connectivity index (χ3n) is 0.615. The number of hydrazine groups is 1. The first kappa shape index (κ1) is 7.39. The number of amides is 1. The average Bonchev–Trinajstić information content (AvgIpc) is 2.52. The topological polar surface area (TPSA) is 75.3 Å².